The van der Waals surface area contributed by atoms with E-state index >= 15 is 0 Å². The number of aromatic nitrogens is 2. The van der Waals surface area contributed by atoms with Gasteiger partial charge in [-0.3, -0.25) is 9.48 Å². The maximum Gasteiger partial charge on any atom is 0.251 e. The van der Waals surface area contributed by atoms with Gasteiger partial charge >= 0.3 is 0 Å². The second kappa shape index (κ2) is 7.59. The first-order chi connectivity index (χ1) is 12.3. The summed E-state index contributed by atoms with van der Waals surface area (Å²) in [7, 11) is -3.58. The molecular formula is C18H24N4O3S. The molecule has 1 amide bonds. The predicted octanol–water partition coefficient (Wildman–Crippen LogP) is 1.70. The fraction of sp³-hybridized carbons (Fsp3) is 0.444. The van der Waals surface area contributed by atoms with Crippen molar-refractivity contribution >= 4 is 15.9 Å². The van der Waals surface area contributed by atoms with Gasteiger partial charge < -0.3 is 5.32 Å². The van der Waals surface area contributed by atoms with Gasteiger partial charge in [0, 0.05) is 37.1 Å². The van der Waals surface area contributed by atoms with Crippen molar-refractivity contribution in [2.24, 2.45) is 5.92 Å². The normalized spacial score (nSPS) is 15.6. The molecule has 26 heavy (non-hydrogen) atoms. The zero-order chi connectivity index (χ0) is 18.7. The third-order valence-corrected chi connectivity index (χ3v) is 5.85. The van der Waals surface area contributed by atoms with Crippen molar-refractivity contribution in [3.63, 3.8) is 0 Å². The molecule has 8 heteroatoms. The van der Waals surface area contributed by atoms with Gasteiger partial charge in [0.05, 0.1) is 4.90 Å². The number of amides is 1. The lowest BCUT2D eigenvalue weighted by Gasteiger charge is -2.14. The molecule has 1 atom stereocenters. The van der Waals surface area contributed by atoms with Crippen molar-refractivity contribution in [2.75, 3.05) is 6.54 Å². The van der Waals surface area contributed by atoms with Crippen molar-refractivity contribution in [2.45, 2.75) is 44.2 Å². The minimum atomic E-state index is -3.58. The molecule has 1 aromatic heterocycles. The first-order valence-electron chi connectivity index (χ1n) is 8.74. The van der Waals surface area contributed by atoms with Gasteiger partial charge in [0.25, 0.3) is 5.91 Å². The highest BCUT2D eigenvalue weighted by atomic mass is 32.2. The fourth-order valence-electron chi connectivity index (χ4n) is 2.66. The van der Waals surface area contributed by atoms with Gasteiger partial charge in [0.15, 0.2) is 0 Å². The number of carbonyl (C=O) groups is 1. The van der Waals surface area contributed by atoms with Gasteiger partial charge in [-0.1, -0.05) is 13.0 Å². The number of hydrogen-bond acceptors (Lipinski definition) is 4. The Kier molecular flexibility index (Phi) is 5.43. The van der Waals surface area contributed by atoms with E-state index in [4.69, 9.17) is 0 Å². The maximum atomic E-state index is 12.5. The van der Waals surface area contributed by atoms with Crippen LogP contribution < -0.4 is 10.0 Å². The van der Waals surface area contributed by atoms with E-state index in [1.807, 2.05) is 23.9 Å². The topological polar surface area (TPSA) is 93.1 Å². The van der Waals surface area contributed by atoms with Crippen LogP contribution in [0.15, 0.2) is 41.6 Å². The van der Waals surface area contributed by atoms with Gasteiger partial charge in [-0.15, -0.1) is 0 Å². The monoisotopic (exact) mass is 376 g/mol. The van der Waals surface area contributed by atoms with Crippen LogP contribution in [-0.2, 0) is 16.6 Å². The van der Waals surface area contributed by atoms with Crippen LogP contribution in [0.4, 0.5) is 0 Å². The maximum absolute atomic E-state index is 12.5. The van der Waals surface area contributed by atoms with E-state index in [-0.39, 0.29) is 22.8 Å². The third-order valence-electron chi connectivity index (χ3n) is 4.33. The summed E-state index contributed by atoms with van der Waals surface area (Å²) in [5.74, 6) is -0.0686. The molecule has 1 aliphatic rings. The molecule has 1 aromatic carbocycles. The number of sulfonamides is 1. The summed E-state index contributed by atoms with van der Waals surface area (Å²) in [6.45, 7) is 5.00. The molecule has 1 heterocycles. The number of nitrogens with one attached hydrogen (secondary N) is 2. The molecule has 3 rings (SSSR count). The summed E-state index contributed by atoms with van der Waals surface area (Å²) in [5, 5.41) is 7.04. The molecule has 1 saturated carbocycles. The molecule has 7 nitrogen and oxygen atoms in total. The number of carbonyl (C=O) groups excluding carboxylic acids is 1. The zero-order valence-corrected chi connectivity index (χ0v) is 15.8. The Labute approximate surface area is 153 Å². The minimum absolute atomic E-state index is 0.0294. The molecule has 0 saturated heterocycles. The standard InChI is InChI=1S/C18H24N4O3S/c1-13(12-22-9-3-8-20-22)11-19-18(23)17-10-16(7-4-14(17)2)26(24,25)21-15-5-6-15/h3-4,7-10,13,15,21H,5-6,11-12H2,1-2H3,(H,19,23). The van der Waals surface area contributed by atoms with Crippen molar-refractivity contribution < 1.29 is 13.2 Å². The highest BCUT2D eigenvalue weighted by Crippen LogP contribution is 2.23. The summed E-state index contributed by atoms with van der Waals surface area (Å²) < 4.78 is 29.2. The van der Waals surface area contributed by atoms with Crippen molar-refractivity contribution in [3.8, 4) is 0 Å². The Morgan fingerprint density at radius 1 is 1.38 bits per heavy atom. The van der Waals surface area contributed by atoms with E-state index in [2.05, 4.69) is 15.1 Å². The summed E-state index contributed by atoms with van der Waals surface area (Å²) in [4.78, 5) is 12.7. The van der Waals surface area contributed by atoms with Gasteiger partial charge in [0.1, 0.15) is 0 Å². The lowest BCUT2D eigenvalue weighted by Crippen LogP contribution is -2.31. The van der Waals surface area contributed by atoms with E-state index < -0.39 is 10.0 Å². The van der Waals surface area contributed by atoms with Crippen LogP contribution >= 0.6 is 0 Å². The Hall–Kier alpha value is -2.19. The summed E-state index contributed by atoms with van der Waals surface area (Å²) in [5.41, 5.74) is 1.13. The molecule has 0 aliphatic heterocycles. The van der Waals surface area contributed by atoms with Crippen molar-refractivity contribution in [1.29, 1.82) is 0 Å². The van der Waals surface area contributed by atoms with Crippen LogP contribution in [-0.4, -0.2) is 36.7 Å². The number of nitrogens with zero attached hydrogens (tertiary/aromatic N) is 2. The van der Waals surface area contributed by atoms with Gasteiger partial charge in [-0.2, -0.15) is 5.10 Å². The second-order valence-corrected chi connectivity index (χ2v) is 8.63. The van der Waals surface area contributed by atoms with Crippen LogP contribution in [0.3, 0.4) is 0 Å². The molecule has 2 aromatic rings. The van der Waals surface area contributed by atoms with Gasteiger partial charge in [-0.25, -0.2) is 13.1 Å². The molecule has 1 aliphatic carbocycles. The molecule has 0 bridgehead atoms. The Bertz CT molecular complexity index is 874. The Morgan fingerprint density at radius 3 is 2.81 bits per heavy atom. The Balaban J connectivity index is 1.65. The van der Waals surface area contributed by atoms with Crippen LogP contribution in [0.2, 0.25) is 0 Å². The molecule has 0 spiro atoms. The first-order valence-corrected chi connectivity index (χ1v) is 10.2. The zero-order valence-electron chi connectivity index (χ0n) is 15.0. The molecule has 140 valence electrons. The van der Waals surface area contributed by atoms with Gasteiger partial charge in [-0.05, 0) is 49.4 Å². The Morgan fingerprint density at radius 2 is 2.15 bits per heavy atom. The van der Waals surface area contributed by atoms with Crippen LogP contribution in [0.25, 0.3) is 0 Å². The van der Waals surface area contributed by atoms with E-state index in [1.165, 1.54) is 12.1 Å². The van der Waals surface area contributed by atoms with Crippen LogP contribution in [0.5, 0.6) is 0 Å². The smallest absolute Gasteiger partial charge is 0.251 e. The average molecular weight is 376 g/mol. The van der Waals surface area contributed by atoms with Crippen LogP contribution in [0.1, 0.15) is 35.7 Å². The number of rotatable bonds is 8. The molecular weight excluding hydrogens is 352 g/mol. The van der Waals surface area contributed by atoms with E-state index in [1.54, 1.807) is 19.2 Å². The first kappa shape index (κ1) is 18.6. The van der Waals surface area contributed by atoms with Crippen molar-refractivity contribution in [3.05, 3.63) is 47.8 Å². The fourth-order valence-corrected chi connectivity index (χ4v) is 3.99. The van der Waals surface area contributed by atoms with E-state index in [0.717, 1.165) is 18.4 Å². The quantitative estimate of drug-likeness (QED) is 0.733. The third kappa shape index (κ3) is 4.70. The number of hydrogen-bond donors (Lipinski definition) is 2. The average Bonchev–Trinajstić information content (AvgIpc) is 3.24. The van der Waals surface area contributed by atoms with E-state index in [9.17, 15) is 13.2 Å². The van der Waals surface area contributed by atoms with Crippen LogP contribution in [0, 0.1) is 12.8 Å². The largest absolute Gasteiger partial charge is 0.352 e. The lowest BCUT2D eigenvalue weighted by atomic mass is 10.1. The second-order valence-electron chi connectivity index (χ2n) is 6.92. The highest BCUT2D eigenvalue weighted by molar-refractivity contribution is 7.89. The summed E-state index contributed by atoms with van der Waals surface area (Å²) in [6.07, 6.45) is 5.33. The lowest BCUT2D eigenvalue weighted by molar-refractivity contribution is 0.0945. The summed E-state index contributed by atoms with van der Waals surface area (Å²) >= 11 is 0. The molecule has 1 unspecified atom stereocenters. The summed E-state index contributed by atoms with van der Waals surface area (Å²) in [6, 6.07) is 6.55. The number of benzene rings is 1. The van der Waals surface area contributed by atoms with E-state index in [0.29, 0.717) is 18.7 Å². The predicted molar refractivity (Wildman–Crippen MR) is 98.2 cm³/mol. The highest BCUT2D eigenvalue weighted by Gasteiger charge is 2.28. The van der Waals surface area contributed by atoms with Crippen molar-refractivity contribution in [1.82, 2.24) is 19.8 Å². The SMILES string of the molecule is Cc1ccc(S(=O)(=O)NC2CC2)cc1C(=O)NCC(C)Cn1cccn1. The minimum Gasteiger partial charge on any atom is -0.352 e. The molecule has 2 N–H and O–H groups in total. The molecule has 1 fully saturated rings. The molecule has 0 radical (unpaired) electrons. The van der Waals surface area contributed by atoms with Gasteiger partial charge in [0.2, 0.25) is 10.0 Å². The number of aryl methyl sites for hydroxylation is 1.